The van der Waals surface area contributed by atoms with Crippen LogP contribution in [0.3, 0.4) is 0 Å². The maximum atomic E-state index is 4.71. The van der Waals surface area contributed by atoms with Gasteiger partial charge in [-0.05, 0) is 25.9 Å². The first-order chi connectivity index (χ1) is 9.05. The zero-order valence-corrected chi connectivity index (χ0v) is 13.4. The number of piperidine rings is 1. The lowest BCUT2D eigenvalue weighted by Crippen LogP contribution is -2.35. The molecule has 1 saturated heterocycles. The maximum Gasteiger partial charge on any atom is 0.0982 e. The minimum atomic E-state index is 0.177. The van der Waals surface area contributed by atoms with Crippen LogP contribution in [0.15, 0.2) is 5.38 Å². The predicted molar refractivity (Wildman–Crippen MR) is 82.8 cm³/mol. The van der Waals surface area contributed by atoms with Crippen LogP contribution in [0.4, 0.5) is 0 Å². The first-order valence-corrected chi connectivity index (χ1v) is 8.31. The molecule has 0 unspecified atom stereocenters. The third kappa shape index (κ3) is 4.86. The molecule has 1 aromatic rings. The van der Waals surface area contributed by atoms with Crippen LogP contribution in [-0.2, 0) is 12.0 Å². The fourth-order valence-corrected chi connectivity index (χ4v) is 3.28. The van der Waals surface area contributed by atoms with E-state index in [2.05, 4.69) is 36.4 Å². The monoisotopic (exact) mass is 281 g/mol. The molecule has 1 aliphatic heterocycles. The molecule has 0 radical (unpaired) electrons. The van der Waals surface area contributed by atoms with Gasteiger partial charge in [0.15, 0.2) is 0 Å². The molecule has 0 aliphatic carbocycles. The van der Waals surface area contributed by atoms with Gasteiger partial charge in [0.05, 0.1) is 10.7 Å². The third-order valence-electron chi connectivity index (χ3n) is 3.55. The molecule has 3 nitrogen and oxygen atoms in total. The van der Waals surface area contributed by atoms with E-state index in [0.29, 0.717) is 0 Å². The Balaban J connectivity index is 1.66. The Bertz CT molecular complexity index is 375. The van der Waals surface area contributed by atoms with E-state index in [1.165, 1.54) is 49.6 Å². The summed E-state index contributed by atoms with van der Waals surface area (Å²) >= 11 is 1.78. The van der Waals surface area contributed by atoms with E-state index in [4.69, 9.17) is 4.98 Å². The Labute approximate surface area is 121 Å². The second kappa shape index (κ2) is 6.82. The van der Waals surface area contributed by atoms with Crippen LogP contribution in [0.5, 0.6) is 0 Å². The Hall–Kier alpha value is -0.450. The highest BCUT2D eigenvalue weighted by Gasteiger charge is 2.17. The van der Waals surface area contributed by atoms with E-state index in [-0.39, 0.29) is 5.41 Å². The van der Waals surface area contributed by atoms with Gasteiger partial charge in [-0.15, -0.1) is 11.3 Å². The minimum absolute atomic E-state index is 0.177. The summed E-state index contributed by atoms with van der Waals surface area (Å²) in [5.41, 5.74) is 1.37. The van der Waals surface area contributed by atoms with Crippen molar-refractivity contribution in [3.05, 3.63) is 16.1 Å². The van der Waals surface area contributed by atoms with Crippen LogP contribution < -0.4 is 5.32 Å². The van der Waals surface area contributed by atoms with Gasteiger partial charge >= 0.3 is 0 Å². The van der Waals surface area contributed by atoms with Crippen LogP contribution in [0.2, 0.25) is 0 Å². The molecule has 0 bridgehead atoms. The molecule has 2 heterocycles. The summed E-state index contributed by atoms with van der Waals surface area (Å²) in [6.45, 7) is 12.4. The number of hydrogen-bond acceptors (Lipinski definition) is 4. The van der Waals surface area contributed by atoms with Gasteiger partial charge in [-0.1, -0.05) is 27.2 Å². The molecule has 1 N–H and O–H groups in total. The molecule has 1 aliphatic rings. The second-order valence-electron chi connectivity index (χ2n) is 6.47. The smallest absolute Gasteiger partial charge is 0.0982 e. The van der Waals surface area contributed by atoms with Crippen molar-refractivity contribution >= 4 is 11.3 Å². The summed E-state index contributed by atoms with van der Waals surface area (Å²) in [6, 6.07) is 0. The molecular weight excluding hydrogens is 254 g/mol. The molecule has 0 spiro atoms. The lowest BCUT2D eigenvalue weighted by atomic mass is 9.98. The largest absolute Gasteiger partial charge is 0.310 e. The summed E-state index contributed by atoms with van der Waals surface area (Å²) in [6.07, 6.45) is 4.17. The van der Waals surface area contributed by atoms with Gasteiger partial charge in [-0.2, -0.15) is 0 Å². The van der Waals surface area contributed by atoms with Crippen LogP contribution in [0.25, 0.3) is 0 Å². The lowest BCUT2D eigenvalue weighted by molar-refractivity contribution is 0.229. The Morgan fingerprint density at radius 1 is 1.26 bits per heavy atom. The van der Waals surface area contributed by atoms with Crippen molar-refractivity contribution in [2.45, 2.75) is 52.0 Å². The number of aromatic nitrogens is 1. The first-order valence-electron chi connectivity index (χ1n) is 7.44. The highest BCUT2D eigenvalue weighted by molar-refractivity contribution is 7.09. The molecule has 0 aromatic carbocycles. The van der Waals surface area contributed by atoms with E-state index in [0.717, 1.165) is 13.1 Å². The molecule has 1 aromatic heterocycles. The fourth-order valence-electron chi connectivity index (χ4n) is 2.37. The molecule has 108 valence electrons. The Morgan fingerprint density at radius 3 is 2.63 bits per heavy atom. The van der Waals surface area contributed by atoms with Gasteiger partial charge in [0, 0.05) is 30.4 Å². The van der Waals surface area contributed by atoms with Crippen molar-refractivity contribution in [1.29, 1.82) is 0 Å². The summed E-state index contributed by atoms with van der Waals surface area (Å²) in [5, 5.41) is 6.94. The zero-order chi connectivity index (χ0) is 13.7. The molecule has 0 saturated carbocycles. The zero-order valence-electron chi connectivity index (χ0n) is 12.5. The topological polar surface area (TPSA) is 28.2 Å². The van der Waals surface area contributed by atoms with Gasteiger partial charge in [0.1, 0.15) is 0 Å². The van der Waals surface area contributed by atoms with Crippen molar-refractivity contribution in [3.8, 4) is 0 Å². The normalized spacial score (nSPS) is 17.8. The Morgan fingerprint density at radius 2 is 2.00 bits per heavy atom. The second-order valence-corrected chi connectivity index (χ2v) is 7.33. The number of thiazole rings is 1. The van der Waals surface area contributed by atoms with Crippen molar-refractivity contribution in [2.24, 2.45) is 0 Å². The number of nitrogens with zero attached hydrogens (tertiary/aromatic N) is 2. The van der Waals surface area contributed by atoms with Gasteiger partial charge in [0.2, 0.25) is 0 Å². The van der Waals surface area contributed by atoms with Crippen LogP contribution in [0, 0.1) is 0 Å². The third-order valence-corrected chi connectivity index (χ3v) is 4.87. The van der Waals surface area contributed by atoms with Crippen LogP contribution in [-0.4, -0.2) is 36.1 Å². The SMILES string of the molecule is CC(C)(C)c1nc(CNCCN2CCCCC2)cs1. The van der Waals surface area contributed by atoms with E-state index in [1.807, 2.05) is 0 Å². The standard InChI is InChI=1S/C15H27N3S/c1-15(2,3)14-17-13(12-19-14)11-16-7-10-18-8-5-4-6-9-18/h12,16H,4-11H2,1-3H3. The predicted octanol–water partition coefficient (Wildman–Crippen LogP) is 3.02. The molecular formula is C15H27N3S. The lowest BCUT2D eigenvalue weighted by Gasteiger charge is -2.26. The van der Waals surface area contributed by atoms with E-state index in [9.17, 15) is 0 Å². The van der Waals surface area contributed by atoms with Crippen LogP contribution >= 0.6 is 11.3 Å². The number of likely N-dealkylation sites (tertiary alicyclic amines) is 1. The Kier molecular flexibility index (Phi) is 5.37. The average molecular weight is 281 g/mol. The first kappa shape index (κ1) is 14.9. The highest BCUT2D eigenvalue weighted by Crippen LogP contribution is 2.25. The summed E-state index contributed by atoms with van der Waals surface area (Å²) in [7, 11) is 0. The van der Waals surface area contributed by atoms with E-state index in [1.54, 1.807) is 11.3 Å². The molecule has 19 heavy (non-hydrogen) atoms. The summed E-state index contributed by atoms with van der Waals surface area (Å²) in [5.74, 6) is 0. The van der Waals surface area contributed by atoms with Crippen molar-refractivity contribution in [1.82, 2.24) is 15.2 Å². The number of rotatable bonds is 5. The fraction of sp³-hybridized carbons (Fsp3) is 0.800. The highest BCUT2D eigenvalue weighted by atomic mass is 32.1. The quantitative estimate of drug-likeness (QED) is 0.841. The molecule has 0 atom stereocenters. The van der Waals surface area contributed by atoms with Crippen molar-refractivity contribution in [3.63, 3.8) is 0 Å². The van der Waals surface area contributed by atoms with Gasteiger partial charge < -0.3 is 10.2 Å². The molecule has 0 amide bonds. The van der Waals surface area contributed by atoms with Crippen molar-refractivity contribution in [2.75, 3.05) is 26.2 Å². The number of hydrogen-bond donors (Lipinski definition) is 1. The molecule has 4 heteroatoms. The molecule has 2 rings (SSSR count). The summed E-state index contributed by atoms with van der Waals surface area (Å²) < 4.78 is 0. The van der Waals surface area contributed by atoms with Crippen molar-refractivity contribution < 1.29 is 0 Å². The minimum Gasteiger partial charge on any atom is -0.310 e. The average Bonchev–Trinajstić information content (AvgIpc) is 2.85. The van der Waals surface area contributed by atoms with Gasteiger partial charge in [-0.25, -0.2) is 4.98 Å². The number of nitrogens with one attached hydrogen (secondary N) is 1. The van der Waals surface area contributed by atoms with E-state index < -0.39 is 0 Å². The molecule has 1 fully saturated rings. The van der Waals surface area contributed by atoms with Gasteiger partial charge in [-0.3, -0.25) is 0 Å². The van der Waals surface area contributed by atoms with Gasteiger partial charge in [0.25, 0.3) is 0 Å². The maximum absolute atomic E-state index is 4.71. The van der Waals surface area contributed by atoms with E-state index >= 15 is 0 Å². The summed E-state index contributed by atoms with van der Waals surface area (Å²) in [4.78, 5) is 7.28. The van der Waals surface area contributed by atoms with Crippen LogP contribution in [0.1, 0.15) is 50.7 Å².